The van der Waals surface area contributed by atoms with Crippen LogP contribution in [0.2, 0.25) is 0 Å². The number of amides is 2. The van der Waals surface area contributed by atoms with E-state index < -0.39 is 0 Å². The van der Waals surface area contributed by atoms with Crippen LogP contribution in [0, 0.1) is 0 Å². The lowest BCUT2D eigenvalue weighted by Crippen LogP contribution is -2.46. The van der Waals surface area contributed by atoms with E-state index in [1.54, 1.807) is 0 Å². The van der Waals surface area contributed by atoms with Crippen LogP contribution in [-0.4, -0.2) is 42.6 Å². The number of carbonyl (C=O) groups excluding carboxylic acids is 2. The van der Waals surface area contributed by atoms with Crippen LogP contribution in [0.1, 0.15) is 32.1 Å². The summed E-state index contributed by atoms with van der Waals surface area (Å²) in [5.74, 6) is -0.0641. The monoisotopic (exact) mass is 226 g/mol. The summed E-state index contributed by atoms with van der Waals surface area (Å²) in [6, 6.07) is 0.313. The highest BCUT2D eigenvalue weighted by molar-refractivity contribution is 5.82. The van der Waals surface area contributed by atoms with Crippen LogP contribution in [-0.2, 0) is 9.53 Å². The van der Waals surface area contributed by atoms with Crippen LogP contribution in [0.15, 0.2) is 0 Å². The normalized spacial score (nSPS) is 22.0. The van der Waals surface area contributed by atoms with Crippen LogP contribution < -0.4 is 5.32 Å². The van der Waals surface area contributed by atoms with Crippen molar-refractivity contribution >= 4 is 12.0 Å². The van der Waals surface area contributed by atoms with Gasteiger partial charge >= 0.3 is 6.09 Å². The van der Waals surface area contributed by atoms with E-state index in [-0.39, 0.29) is 18.5 Å². The van der Waals surface area contributed by atoms with E-state index in [1.807, 2.05) is 0 Å². The molecule has 5 heteroatoms. The highest BCUT2D eigenvalue weighted by atomic mass is 16.6. The highest BCUT2D eigenvalue weighted by Crippen LogP contribution is 2.17. The lowest BCUT2D eigenvalue weighted by atomic mass is 10.2. The van der Waals surface area contributed by atoms with Gasteiger partial charge in [0.15, 0.2) is 0 Å². The molecule has 0 aromatic rings. The quantitative estimate of drug-likeness (QED) is 0.777. The van der Waals surface area contributed by atoms with E-state index in [0.717, 1.165) is 19.3 Å². The molecule has 0 spiro atoms. The van der Waals surface area contributed by atoms with E-state index in [9.17, 15) is 9.59 Å². The minimum Gasteiger partial charge on any atom is -0.449 e. The molecule has 0 aromatic heterocycles. The van der Waals surface area contributed by atoms with Gasteiger partial charge in [0.05, 0.1) is 6.61 Å². The first-order valence-electron chi connectivity index (χ1n) is 5.97. The topological polar surface area (TPSA) is 58.6 Å². The molecule has 2 amide bonds. The molecule has 1 saturated carbocycles. The zero-order valence-electron chi connectivity index (χ0n) is 9.41. The number of carbonyl (C=O) groups is 2. The van der Waals surface area contributed by atoms with Crippen molar-refractivity contribution in [2.24, 2.45) is 0 Å². The first-order valence-corrected chi connectivity index (χ1v) is 5.97. The molecule has 0 unspecified atom stereocenters. The molecule has 0 radical (unpaired) electrons. The molecule has 1 aliphatic carbocycles. The summed E-state index contributed by atoms with van der Waals surface area (Å²) in [5.41, 5.74) is 0. The Bertz CT molecular complexity index is 274. The van der Waals surface area contributed by atoms with Gasteiger partial charge < -0.3 is 10.1 Å². The second kappa shape index (κ2) is 5.18. The predicted octanol–water partition coefficient (Wildman–Crippen LogP) is 0.887. The number of hydrogen-bond donors (Lipinski definition) is 1. The molecular weight excluding hydrogens is 208 g/mol. The van der Waals surface area contributed by atoms with Crippen molar-refractivity contribution in [2.75, 3.05) is 19.7 Å². The van der Waals surface area contributed by atoms with Crippen molar-refractivity contribution in [2.45, 2.75) is 38.1 Å². The van der Waals surface area contributed by atoms with Gasteiger partial charge in [-0.3, -0.25) is 9.69 Å². The molecule has 0 aromatic carbocycles. The summed E-state index contributed by atoms with van der Waals surface area (Å²) < 4.78 is 4.87. The van der Waals surface area contributed by atoms with Crippen molar-refractivity contribution in [1.82, 2.24) is 10.2 Å². The lowest BCUT2D eigenvalue weighted by molar-refractivity contribution is -0.123. The molecule has 1 heterocycles. The van der Waals surface area contributed by atoms with Gasteiger partial charge in [-0.05, 0) is 19.3 Å². The van der Waals surface area contributed by atoms with E-state index >= 15 is 0 Å². The summed E-state index contributed by atoms with van der Waals surface area (Å²) in [4.78, 5) is 24.4. The van der Waals surface area contributed by atoms with Gasteiger partial charge in [0.1, 0.15) is 6.54 Å². The maximum atomic E-state index is 11.7. The third kappa shape index (κ3) is 2.87. The molecule has 2 rings (SSSR count). The van der Waals surface area contributed by atoms with Crippen LogP contribution in [0.25, 0.3) is 0 Å². The smallest absolute Gasteiger partial charge is 0.410 e. The summed E-state index contributed by atoms with van der Waals surface area (Å²) in [5, 5.41) is 2.96. The zero-order chi connectivity index (χ0) is 11.4. The molecule has 0 bridgehead atoms. The van der Waals surface area contributed by atoms with Crippen LogP contribution in [0.3, 0.4) is 0 Å². The fourth-order valence-electron chi connectivity index (χ4n) is 2.26. The Labute approximate surface area is 95.1 Å². The molecule has 0 atom stereocenters. The van der Waals surface area contributed by atoms with Crippen molar-refractivity contribution in [3.63, 3.8) is 0 Å². The van der Waals surface area contributed by atoms with Crippen molar-refractivity contribution in [1.29, 1.82) is 0 Å². The molecule has 1 saturated heterocycles. The van der Waals surface area contributed by atoms with E-state index in [2.05, 4.69) is 5.32 Å². The van der Waals surface area contributed by atoms with E-state index in [4.69, 9.17) is 4.74 Å². The van der Waals surface area contributed by atoms with Gasteiger partial charge in [0, 0.05) is 12.6 Å². The van der Waals surface area contributed by atoms with E-state index in [0.29, 0.717) is 19.2 Å². The Hall–Kier alpha value is -1.26. The maximum Gasteiger partial charge on any atom is 0.410 e. The fraction of sp³-hybridized carbons (Fsp3) is 0.818. The number of nitrogens with one attached hydrogen (secondary N) is 1. The largest absolute Gasteiger partial charge is 0.449 e. The number of ether oxygens (including phenoxy) is 1. The van der Waals surface area contributed by atoms with Crippen LogP contribution in [0.5, 0.6) is 0 Å². The average Bonchev–Trinajstić information content (AvgIpc) is 2.74. The second-order valence-corrected chi connectivity index (χ2v) is 4.44. The number of hydrogen-bond acceptors (Lipinski definition) is 3. The van der Waals surface area contributed by atoms with Gasteiger partial charge in [0.2, 0.25) is 5.91 Å². The molecule has 2 fully saturated rings. The van der Waals surface area contributed by atoms with Crippen molar-refractivity contribution in [3.05, 3.63) is 0 Å². The van der Waals surface area contributed by atoms with Gasteiger partial charge in [0.25, 0.3) is 0 Å². The maximum absolute atomic E-state index is 11.7. The second-order valence-electron chi connectivity index (χ2n) is 4.44. The predicted molar refractivity (Wildman–Crippen MR) is 57.9 cm³/mol. The first kappa shape index (κ1) is 11.2. The Morgan fingerprint density at radius 1 is 1.38 bits per heavy atom. The molecule has 1 aliphatic heterocycles. The Kier molecular flexibility index (Phi) is 3.64. The zero-order valence-corrected chi connectivity index (χ0v) is 9.41. The minimum atomic E-state index is -0.368. The first-order chi connectivity index (χ1) is 7.75. The Morgan fingerprint density at radius 3 is 2.81 bits per heavy atom. The van der Waals surface area contributed by atoms with E-state index in [1.165, 1.54) is 17.7 Å². The third-order valence-electron chi connectivity index (χ3n) is 3.11. The van der Waals surface area contributed by atoms with Crippen molar-refractivity contribution < 1.29 is 14.3 Å². The SMILES string of the molecule is O=C(CN1CCCOC1=O)NC1CCCC1. The number of rotatable bonds is 3. The highest BCUT2D eigenvalue weighted by Gasteiger charge is 2.23. The summed E-state index contributed by atoms with van der Waals surface area (Å²) in [6.07, 6.45) is 4.95. The average molecular weight is 226 g/mol. The van der Waals surface area contributed by atoms with Crippen molar-refractivity contribution in [3.8, 4) is 0 Å². The van der Waals surface area contributed by atoms with Gasteiger partial charge in [-0.25, -0.2) is 4.79 Å². The number of cyclic esters (lactones) is 1. The summed E-state index contributed by atoms with van der Waals surface area (Å²) in [7, 11) is 0. The number of nitrogens with zero attached hydrogens (tertiary/aromatic N) is 1. The molecular formula is C11H18N2O3. The lowest BCUT2D eigenvalue weighted by Gasteiger charge is -2.26. The minimum absolute atomic E-state index is 0.0641. The van der Waals surface area contributed by atoms with Gasteiger partial charge in [-0.2, -0.15) is 0 Å². The fourth-order valence-corrected chi connectivity index (χ4v) is 2.26. The Morgan fingerprint density at radius 2 is 2.12 bits per heavy atom. The Balaban J connectivity index is 1.75. The molecule has 90 valence electrons. The third-order valence-corrected chi connectivity index (χ3v) is 3.11. The molecule has 16 heavy (non-hydrogen) atoms. The molecule has 1 N–H and O–H groups in total. The van der Waals surface area contributed by atoms with Crippen LogP contribution >= 0.6 is 0 Å². The standard InChI is InChI=1S/C11H18N2O3/c14-10(12-9-4-1-2-5-9)8-13-6-3-7-16-11(13)15/h9H,1-8H2,(H,12,14). The van der Waals surface area contributed by atoms with Gasteiger partial charge in [-0.15, -0.1) is 0 Å². The van der Waals surface area contributed by atoms with Crippen LogP contribution in [0.4, 0.5) is 4.79 Å². The summed E-state index contributed by atoms with van der Waals surface area (Å²) >= 11 is 0. The van der Waals surface area contributed by atoms with Gasteiger partial charge in [-0.1, -0.05) is 12.8 Å². The molecule has 2 aliphatic rings. The molecule has 5 nitrogen and oxygen atoms in total. The summed E-state index contributed by atoms with van der Waals surface area (Å²) in [6.45, 7) is 1.23.